The molecule has 7 heteroatoms. The maximum Gasteiger partial charge on any atom is 0.270 e. The standard InChI is InChI=1S/C15H18N4O3/c20-19(21)13-2-1-12-3-4-16-15(14(12)11-13)17-5-6-18-7-9-22-10-8-18/h1-4,11H,5-10H2,(H,16,17). The molecular weight excluding hydrogens is 284 g/mol. The topological polar surface area (TPSA) is 80.5 Å². The third-order valence-corrected chi connectivity index (χ3v) is 3.78. The largest absolute Gasteiger partial charge is 0.379 e. The third kappa shape index (κ3) is 3.32. The quantitative estimate of drug-likeness (QED) is 0.671. The number of nitro groups is 1. The van der Waals surface area contributed by atoms with E-state index in [0.29, 0.717) is 5.82 Å². The van der Waals surface area contributed by atoms with Crippen molar-refractivity contribution in [2.75, 3.05) is 44.7 Å². The first-order valence-corrected chi connectivity index (χ1v) is 7.31. The summed E-state index contributed by atoms with van der Waals surface area (Å²) in [5, 5.41) is 15.9. The van der Waals surface area contributed by atoms with Crippen LogP contribution in [0.3, 0.4) is 0 Å². The molecule has 0 atom stereocenters. The average Bonchev–Trinajstić information content (AvgIpc) is 2.55. The van der Waals surface area contributed by atoms with Crippen molar-refractivity contribution in [3.8, 4) is 0 Å². The van der Waals surface area contributed by atoms with Gasteiger partial charge in [-0.05, 0) is 17.5 Å². The summed E-state index contributed by atoms with van der Waals surface area (Å²) in [6.45, 7) is 5.08. The Morgan fingerprint density at radius 2 is 2.14 bits per heavy atom. The second kappa shape index (κ2) is 6.67. The lowest BCUT2D eigenvalue weighted by Gasteiger charge is -2.26. The molecule has 0 aliphatic carbocycles. The highest BCUT2D eigenvalue weighted by atomic mass is 16.6. The maximum absolute atomic E-state index is 10.9. The summed E-state index contributed by atoms with van der Waals surface area (Å²) in [5.74, 6) is 0.689. The Morgan fingerprint density at radius 1 is 1.32 bits per heavy atom. The number of rotatable bonds is 5. The Kier molecular flexibility index (Phi) is 4.45. The molecule has 1 aromatic carbocycles. The Hall–Kier alpha value is -2.25. The van der Waals surface area contributed by atoms with Crippen molar-refractivity contribution in [1.29, 1.82) is 0 Å². The summed E-state index contributed by atoms with van der Waals surface area (Å²) < 4.78 is 5.32. The molecule has 0 bridgehead atoms. The number of morpholine rings is 1. The van der Waals surface area contributed by atoms with E-state index < -0.39 is 0 Å². The van der Waals surface area contributed by atoms with Crippen LogP contribution in [0.4, 0.5) is 11.5 Å². The molecule has 3 rings (SSSR count). The minimum atomic E-state index is -0.385. The molecule has 2 heterocycles. The predicted octanol–water partition coefficient (Wildman–Crippen LogP) is 1.89. The fraction of sp³-hybridized carbons (Fsp3) is 0.400. The zero-order valence-corrected chi connectivity index (χ0v) is 12.2. The molecule has 1 fully saturated rings. The van der Waals surface area contributed by atoms with Gasteiger partial charge in [0.05, 0.1) is 18.1 Å². The number of hydrogen-bond acceptors (Lipinski definition) is 6. The Labute approximate surface area is 128 Å². The van der Waals surface area contributed by atoms with Crippen LogP contribution in [0.25, 0.3) is 10.8 Å². The summed E-state index contributed by atoms with van der Waals surface area (Å²) in [5.41, 5.74) is 0.0803. The molecule has 116 valence electrons. The van der Waals surface area contributed by atoms with Crippen LogP contribution in [0.5, 0.6) is 0 Å². The number of pyridine rings is 1. The lowest BCUT2D eigenvalue weighted by molar-refractivity contribution is -0.384. The molecule has 0 spiro atoms. The van der Waals surface area contributed by atoms with Gasteiger partial charge in [0, 0.05) is 49.9 Å². The number of benzene rings is 1. The number of ether oxygens (including phenoxy) is 1. The van der Waals surface area contributed by atoms with Crippen LogP contribution in [-0.2, 0) is 4.74 Å². The minimum absolute atomic E-state index is 0.0803. The molecule has 1 N–H and O–H groups in total. The van der Waals surface area contributed by atoms with E-state index in [1.54, 1.807) is 18.3 Å². The number of anilines is 1. The van der Waals surface area contributed by atoms with Gasteiger partial charge in [0.25, 0.3) is 5.69 Å². The van der Waals surface area contributed by atoms with E-state index in [2.05, 4.69) is 15.2 Å². The molecule has 2 aromatic rings. The van der Waals surface area contributed by atoms with Gasteiger partial charge >= 0.3 is 0 Å². The van der Waals surface area contributed by atoms with Crippen molar-refractivity contribution in [3.05, 3.63) is 40.6 Å². The smallest absolute Gasteiger partial charge is 0.270 e. The summed E-state index contributed by atoms with van der Waals surface area (Å²) in [6, 6.07) is 6.69. The molecule has 1 saturated heterocycles. The zero-order valence-electron chi connectivity index (χ0n) is 12.2. The minimum Gasteiger partial charge on any atom is -0.379 e. The van der Waals surface area contributed by atoms with E-state index in [1.807, 2.05) is 6.07 Å². The van der Waals surface area contributed by atoms with Crippen LogP contribution in [0.2, 0.25) is 0 Å². The highest BCUT2D eigenvalue weighted by Gasteiger charge is 2.11. The first kappa shape index (κ1) is 14.7. The monoisotopic (exact) mass is 302 g/mol. The fourth-order valence-corrected chi connectivity index (χ4v) is 2.57. The van der Waals surface area contributed by atoms with Crippen LogP contribution < -0.4 is 5.32 Å². The lowest BCUT2D eigenvalue weighted by Crippen LogP contribution is -2.39. The number of hydrogen-bond donors (Lipinski definition) is 1. The highest BCUT2D eigenvalue weighted by molar-refractivity contribution is 5.93. The molecule has 0 radical (unpaired) electrons. The fourth-order valence-electron chi connectivity index (χ4n) is 2.57. The van der Waals surface area contributed by atoms with E-state index in [4.69, 9.17) is 4.74 Å². The summed E-state index contributed by atoms with van der Waals surface area (Å²) in [7, 11) is 0. The summed E-state index contributed by atoms with van der Waals surface area (Å²) >= 11 is 0. The van der Waals surface area contributed by atoms with Gasteiger partial charge < -0.3 is 10.1 Å². The molecule has 1 aliphatic rings. The van der Waals surface area contributed by atoms with Crippen LogP contribution in [0.15, 0.2) is 30.5 Å². The normalized spacial score (nSPS) is 15.8. The van der Waals surface area contributed by atoms with Crippen molar-refractivity contribution in [3.63, 3.8) is 0 Å². The molecular formula is C15H18N4O3. The number of fused-ring (bicyclic) bond motifs is 1. The van der Waals surface area contributed by atoms with E-state index >= 15 is 0 Å². The van der Waals surface area contributed by atoms with Crippen molar-refractivity contribution < 1.29 is 9.66 Å². The van der Waals surface area contributed by atoms with E-state index in [0.717, 1.165) is 50.2 Å². The Bertz CT molecular complexity index is 671. The average molecular weight is 302 g/mol. The number of non-ortho nitro benzene ring substituents is 1. The van der Waals surface area contributed by atoms with Crippen LogP contribution >= 0.6 is 0 Å². The number of nitrogens with one attached hydrogen (secondary N) is 1. The molecule has 1 aliphatic heterocycles. The van der Waals surface area contributed by atoms with Gasteiger partial charge in [-0.1, -0.05) is 0 Å². The Balaban J connectivity index is 1.72. The van der Waals surface area contributed by atoms with Gasteiger partial charge in [-0.3, -0.25) is 15.0 Å². The van der Waals surface area contributed by atoms with Crippen molar-refractivity contribution in [2.24, 2.45) is 0 Å². The van der Waals surface area contributed by atoms with Gasteiger partial charge in [-0.2, -0.15) is 0 Å². The van der Waals surface area contributed by atoms with Crippen molar-refractivity contribution in [2.45, 2.75) is 0 Å². The predicted molar refractivity (Wildman–Crippen MR) is 84.1 cm³/mol. The first-order valence-electron chi connectivity index (χ1n) is 7.31. The van der Waals surface area contributed by atoms with Gasteiger partial charge in [0.15, 0.2) is 0 Å². The number of aromatic nitrogens is 1. The summed E-state index contributed by atoms with van der Waals surface area (Å²) in [6.07, 6.45) is 1.71. The SMILES string of the molecule is O=[N+]([O-])c1ccc2ccnc(NCCN3CCOCC3)c2c1. The maximum atomic E-state index is 10.9. The molecule has 7 nitrogen and oxygen atoms in total. The van der Waals surface area contributed by atoms with Crippen LogP contribution in [0.1, 0.15) is 0 Å². The second-order valence-electron chi connectivity index (χ2n) is 5.20. The first-order chi connectivity index (χ1) is 10.7. The van der Waals surface area contributed by atoms with E-state index in [9.17, 15) is 10.1 Å². The van der Waals surface area contributed by atoms with Crippen molar-refractivity contribution >= 4 is 22.3 Å². The molecule has 0 unspecified atom stereocenters. The molecule has 22 heavy (non-hydrogen) atoms. The van der Waals surface area contributed by atoms with Crippen LogP contribution in [0, 0.1) is 10.1 Å². The lowest BCUT2D eigenvalue weighted by atomic mass is 10.1. The molecule has 0 amide bonds. The molecule has 0 saturated carbocycles. The third-order valence-electron chi connectivity index (χ3n) is 3.78. The zero-order chi connectivity index (χ0) is 15.4. The van der Waals surface area contributed by atoms with Gasteiger partial charge in [-0.15, -0.1) is 0 Å². The van der Waals surface area contributed by atoms with Crippen LogP contribution in [-0.4, -0.2) is 54.2 Å². The van der Waals surface area contributed by atoms with Gasteiger partial charge in [0.2, 0.25) is 0 Å². The molecule has 1 aromatic heterocycles. The number of nitro benzene ring substituents is 1. The Morgan fingerprint density at radius 3 is 2.91 bits per heavy atom. The van der Waals surface area contributed by atoms with E-state index in [-0.39, 0.29) is 10.6 Å². The summed E-state index contributed by atoms with van der Waals surface area (Å²) in [4.78, 5) is 17.2. The van der Waals surface area contributed by atoms with E-state index in [1.165, 1.54) is 6.07 Å². The van der Waals surface area contributed by atoms with Crippen molar-refractivity contribution in [1.82, 2.24) is 9.88 Å². The second-order valence-corrected chi connectivity index (χ2v) is 5.20. The van der Waals surface area contributed by atoms with Gasteiger partial charge in [-0.25, -0.2) is 4.98 Å². The van der Waals surface area contributed by atoms with Gasteiger partial charge in [0.1, 0.15) is 5.82 Å². The number of nitrogens with zero attached hydrogens (tertiary/aromatic N) is 3. The highest BCUT2D eigenvalue weighted by Crippen LogP contribution is 2.25.